The standard InChI is InChI=1S/C12H22N4O2/c1-8(2)9-15-11(18-16-9)14-7-6-13-10(17)12(3,4)5/h8H,6-7H2,1-5H3,(H,13,17)(H,14,15,16). The Balaban J connectivity index is 2.28. The van der Waals surface area contributed by atoms with E-state index in [-0.39, 0.29) is 17.2 Å². The van der Waals surface area contributed by atoms with E-state index < -0.39 is 0 Å². The van der Waals surface area contributed by atoms with Crippen LogP contribution in [0.1, 0.15) is 46.4 Å². The zero-order valence-electron chi connectivity index (χ0n) is 11.7. The molecule has 0 aliphatic rings. The third-order valence-electron chi connectivity index (χ3n) is 2.33. The summed E-state index contributed by atoms with van der Waals surface area (Å²) >= 11 is 0. The quantitative estimate of drug-likeness (QED) is 0.783. The lowest BCUT2D eigenvalue weighted by Crippen LogP contribution is -2.37. The summed E-state index contributed by atoms with van der Waals surface area (Å²) in [7, 11) is 0. The van der Waals surface area contributed by atoms with Crippen molar-refractivity contribution in [1.29, 1.82) is 0 Å². The number of nitrogens with one attached hydrogen (secondary N) is 2. The number of anilines is 1. The average Bonchev–Trinajstić information content (AvgIpc) is 2.71. The van der Waals surface area contributed by atoms with Crippen molar-refractivity contribution in [3.8, 4) is 0 Å². The van der Waals surface area contributed by atoms with Crippen molar-refractivity contribution in [3.05, 3.63) is 5.82 Å². The van der Waals surface area contributed by atoms with Gasteiger partial charge in [0.1, 0.15) is 0 Å². The van der Waals surface area contributed by atoms with Crippen molar-refractivity contribution in [2.75, 3.05) is 18.4 Å². The molecule has 0 aliphatic carbocycles. The molecule has 1 amide bonds. The molecule has 0 aromatic carbocycles. The fourth-order valence-corrected chi connectivity index (χ4v) is 1.15. The number of carbonyl (C=O) groups is 1. The van der Waals surface area contributed by atoms with Crippen molar-refractivity contribution < 1.29 is 9.32 Å². The Morgan fingerprint density at radius 1 is 1.33 bits per heavy atom. The maximum atomic E-state index is 11.6. The maximum absolute atomic E-state index is 11.6. The van der Waals surface area contributed by atoms with Gasteiger partial charge in [-0.25, -0.2) is 0 Å². The third-order valence-corrected chi connectivity index (χ3v) is 2.33. The number of hydrogen-bond donors (Lipinski definition) is 2. The van der Waals surface area contributed by atoms with Crippen LogP contribution in [0.3, 0.4) is 0 Å². The van der Waals surface area contributed by atoms with Gasteiger partial charge in [-0.2, -0.15) is 4.98 Å². The van der Waals surface area contributed by atoms with Crippen molar-refractivity contribution in [2.24, 2.45) is 5.41 Å². The minimum Gasteiger partial charge on any atom is -0.354 e. The van der Waals surface area contributed by atoms with Gasteiger partial charge in [-0.05, 0) is 0 Å². The Bertz CT molecular complexity index is 393. The van der Waals surface area contributed by atoms with E-state index >= 15 is 0 Å². The Morgan fingerprint density at radius 2 is 2.00 bits per heavy atom. The highest BCUT2D eigenvalue weighted by Crippen LogP contribution is 2.13. The normalized spacial score (nSPS) is 11.7. The Labute approximate surface area is 108 Å². The highest BCUT2D eigenvalue weighted by atomic mass is 16.5. The molecule has 6 heteroatoms. The van der Waals surface area contributed by atoms with Crippen LogP contribution in [0.15, 0.2) is 4.52 Å². The summed E-state index contributed by atoms with van der Waals surface area (Å²) in [5.41, 5.74) is -0.366. The maximum Gasteiger partial charge on any atom is 0.321 e. The molecule has 0 atom stereocenters. The summed E-state index contributed by atoms with van der Waals surface area (Å²) in [6, 6.07) is 0.392. The van der Waals surface area contributed by atoms with E-state index in [1.165, 1.54) is 0 Å². The van der Waals surface area contributed by atoms with Crippen LogP contribution >= 0.6 is 0 Å². The molecule has 0 saturated carbocycles. The highest BCUT2D eigenvalue weighted by Gasteiger charge is 2.20. The lowest BCUT2D eigenvalue weighted by atomic mass is 9.96. The Hall–Kier alpha value is -1.59. The van der Waals surface area contributed by atoms with E-state index in [0.29, 0.717) is 24.9 Å². The monoisotopic (exact) mass is 254 g/mol. The molecule has 0 unspecified atom stereocenters. The molecule has 102 valence electrons. The van der Waals surface area contributed by atoms with Gasteiger partial charge in [-0.3, -0.25) is 4.79 Å². The van der Waals surface area contributed by atoms with E-state index in [1.54, 1.807) is 0 Å². The second kappa shape index (κ2) is 5.84. The molecule has 1 heterocycles. The molecule has 2 N–H and O–H groups in total. The predicted molar refractivity (Wildman–Crippen MR) is 69.3 cm³/mol. The predicted octanol–water partition coefficient (Wildman–Crippen LogP) is 1.77. The van der Waals surface area contributed by atoms with Gasteiger partial charge in [0.2, 0.25) is 5.91 Å². The lowest BCUT2D eigenvalue weighted by Gasteiger charge is -2.17. The molecule has 0 bridgehead atoms. The van der Waals surface area contributed by atoms with Gasteiger partial charge in [0, 0.05) is 24.4 Å². The zero-order valence-corrected chi connectivity index (χ0v) is 11.7. The van der Waals surface area contributed by atoms with Crippen molar-refractivity contribution in [1.82, 2.24) is 15.5 Å². The number of carbonyl (C=O) groups excluding carboxylic acids is 1. The average molecular weight is 254 g/mol. The number of nitrogens with zero attached hydrogens (tertiary/aromatic N) is 2. The second-order valence-electron chi connectivity index (χ2n) is 5.55. The Kier molecular flexibility index (Phi) is 4.69. The van der Waals surface area contributed by atoms with Gasteiger partial charge in [-0.1, -0.05) is 39.8 Å². The summed E-state index contributed by atoms with van der Waals surface area (Å²) in [6.45, 7) is 10.7. The molecule has 18 heavy (non-hydrogen) atoms. The minimum atomic E-state index is -0.366. The number of hydrogen-bond acceptors (Lipinski definition) is 5. The first-order valence-electron chi connectivity index (χ1n) is 6.16. The van der Waals surface area contributed by atoms with E-state index in [4.69, 9.17) is 4.52 Å². The molecule has 0 spiro atoms. The fourth-order valence-electron chi connectivity index (χ4n) is 1.15. The first-order valence-corrected chi connectivity index (χ1v) is 6.16. The van der Waals surface area contributed by atoms with Crippen LogP contribution in [0, 0.1) is 5.41 Å². The topological polar surface area (TPSA) is 80.0 Å². The molecule has 1 aromatic heterocycles. The molecule has 0 radical (unpaired) electrons. The molecule has 0 aliphatic heterocycles. The second-order valence-corrected chi connectivity index (χ2v) is 5.55. The molecule has 0 fully saturated rings. The summed E-state index contributed by atoms with van der Waals surface area (Å²) in [5.74, 6) is 0.943. The minimum absolute atomic E-state index is 0.0256. The highest BCUT2D eigenvalue weighted by molar-refractivity contribution is 5.81. The van der Waals surface area contributed by atoms with E-state index in [2.05, 4.69) is 20.8 Å². The van der Waals surface area contributed by atoms with Gasteiger partial charge in [0.15, 0.2) is 5.82 Å². The van der Waals surface area contributed by atoms with Crippen molar-refractivity contribution in [3.63, 3.8) is 0 Å². The summed E-state index contributed by atoms with van der Waals surface area (Å²) in [4.78, 5) is 15.8. The Morgan fingerprint density at radius 3 is 2.50 bits per heavy atom. The summed E-state index contributed by atoms with van der Waals surface area (Å²) < 4.78 is 5.02. The molecule has 6 nitrogen and oxygen atoms in total. The molecule has 0 saturated heterocycles. The van der Waals surface area contributed by atoms with Crippen LogP contribution in [-0.4, -0.2) is 29.1 Å². The van der Waals surface area contributed by atoms with E-state index in [0.717, 1.165) is 0 Å². The summed E-state index contributed by atoms with van der Waals surface area (Å²) in [6.07, 6.45) is 0. The SMILES string of the molecule is CC(C)c1noc(NCCNC(=O)C(C)(C)C)n1. The lowest BCUT2D eigenvalue weighted by molar-refractivity contribution is -0.128. The molecular formula is C12H22N4O2. The molecular weight excluding hydrogens is 232 g/mol. The van der Waals surface area contributed by atoms with Gasteiger partial charge in [0.25, 0.3) is 0 Å². The van der Waals surface area contributed by atoms with Crippen LogP contribution in [0.5, 0.6) is 0 Å². The first kappa shape index (κ1) is 14.5. The van der Waals surface area contributed by atoms with Gasteiger partial charge in [0.05, 0.1) is 0 Å². The third kappa shape index (κ3) is 4.35. The largest absolute Gasteiger partial charge is 0.354 e. The molecule has 1 aromatic rings. The van der Waals surface area contributed by atoms with Crippen LogP contribution in [-0.2, 0) is 4.79 Å². The van der Waals surface area contributed by atoms with Gasteiger partial charge < -0.3 is 15.2 Å². The van der Waals surface area contributed by atoms with Crippen molar-refractivity contribution in [2.45, 2.75) is 40.5 Å². The van der Waals surface area contributed by atoms with E-state index in [9.17, 15) is 4.79 Å². The molecule has 1 rings (SSSR count). The van der Waals surface area contributed by atoms with Crippen LogP contribution in [0.4, 0.5) is 6.01 Å². The number of aromatic nitrogens is 2. The fraction of sp³-hybridized carbons (Fsp3) is 0.750. The smallest absolute Gasteiger partial charge is 0.321 e. The van der Waals surface area contributed by atoms with Crippen LogP contribution in [0.2, 0.25) is 0 Å². The van der Waals surface area contributed by atoms with Crippen molar-refractivity contribution >= 4 is 11.9 Å². The number of amides is 1. The van der Waals surface area contributed by atoms with Gasteiger partial charge >= 0.3 is 6.01 Å². The van der Waals surface area contributed by atoms with Gasteiger partial charge in [-0.15, -0.1) is 0 Å². The van der Waals surface area contributed by atoms with Crippen LogP contribution < -0.4 is 10.6 Å². The van der Waals surface area contributed by atoms with E-state index in [1.807, 2.05) is 34.6 Å². The first-order chi connectivity index (χ1) is 8.30. The summed E-state index contributed by atoms with van der Waals surface area (Å²) in [5, 5.41) is 9.64. The van der Waals surface area contributed by atoms with Crippen LogP contribution in [0.25, 0.3) is 0 Å². The number of rotatable bonds is 5. The zero-order chi connectivity index (χ0) is 13.8.